The topological polar surface area (TPSA) is 55.8 Å². The molecule has 1 N–H and O–H groups in total. The summed E-state index contributed by atoms with van der Waals surface area (Å²) in [6.45, 7) is 2.74. The van der Waals surface area contributed by atoms with Crippen LogP contribution in [-0.2, 0) is 20.9 Å². The Bertz CT molecular complexity index is 560. The van der Waals surface area contributed by atoms with Crippen molar-refractivity contribution in [1.82, 2.24) is 0 Å². The van der Waals surface area contributed by atoms with Gasteiger partial charge in [0.15, 0.2) is 0 Å². The van der Waals surface area contributed by atoms with Crippen molar-refractivity contribution in [3.8, 4) is 0 Å². The van der Waals surface area contributed by atoms with Crippen molar-refractivity contribution < 1.29 is 19.4 Å². The van der Waals surface area contributed by atoms with Gasteiger partial charge in [-0.05, 0) is 12.0 Å². The van der Waals surface area contributed by atoms with E-state index in [2.05, 4.69) is 6.92 Å². The second-order valence-electron chi connectivity index (χ2n) is 9.70. The van der Waals surface area contributed by atoms with Crippen molar-refractivity contribution in [2.75, 3.05) is 13.2 Å². The molecule has 0 aliphatic heterocycles. The molecule has 34 heavy (non-hydrogen) atoms. The quantitative estimate of drug-likeness (QED) is 0.121. The lowest BCUT2D eigenvalue weighted by Crippen LogP contribution is -2.27. The van der Waals surface area contributed by atoms with Crippen molar-refractivity contribution >= 4 is 5.97 Å². The van der Waals surface area contributed by atoms with Gasteiger partial charge in [0, 0.05) is 6.42 Å². The van der Waals surface area contributed by atoms with E-state index < -0.39 is 6.10 Å². The molecule has 0 radical (unpaired) electrons. The Kier molecular flexibility index (Phi) is 21.0. The zero-order valence-electron chi connectivity index (χ0n) is 22.0. The first-order chi connectivity index (χ1) is 16.8. The molecule has 0 saturated heterocycles. The predicted octanol–water partition coefficient (Wildman–Crippen LogP) is 8.15. The predicted molar refractivity (Wildman–Crippen MR) is 142 cm³/mol. The van der Waals surface area contributed by atoms with E-state index in [1.54, 1.807) is 0 Å². The minimum Gasteiger partial charge on any atom is -0.457 e. The van der Waals surface area contributed by atoms with Crippen LogP contribution in [0.5, 0.6) is 0 Å². The molecule has 0 bridgehead atoms. The van der Waals surface area contributed by atoms with Crippen LogP contribution < -0.4 is 0 Å². The van der Waals surface area contributed by atoms with Gasteiger partial charge < -0.3 is 14.6 Å². The van der Waals surface area contributed by atoms with E-state index in [4.69, 9.17) is 9.47 Å². The van der Waals surface area contributed by atoms with Crippen LogP contribution in [0.15, 0.2) is 30.3 Å². The number of carbonyl (C=O) groups excluding carboxylic acids is 1. The van der Waals surface area contributed by atoms with Gasteiger partial charge in [-0.25, -0.2) is 0 Å². The van der Waals surface area contributed by atoms with Gasteiger partial charge in [0.25, 0.3) is 0 Å². The van der Waals surface area contributed by atoms with E-state index >= 15 is 0 Å². The summed E-state index contributed by atoms with van der Waals surface area (Å²) in [4.78, 5) is 12.0. The number of hydrogen-bond acceptors (Lipinski definition) is 4. The highest BCUT2D eigenvalue weighted by Gasteiger charge is 2.13. The van der Waals surface area contributed by atoms with E-state index in [9.17, 15) is 9.90 Å². The highest BCUT2D eigenvalue weighted by atomic mass is 16.6. The van der Waals surface area contributed by atoms with Crippen LogP contribution in [-0.4, -0.2) is 30.4 Å². The monoisotopic (exact) mass is 476 g/mol. The van der Waals surface area contributed by atoms with Crippen molar-refractivity contribution in [3.63, 3.8) is 0 Å². The first-order valence-corrected chi connectivity index (χ1v) is 14.2. The first kappa shape index (κ1) is 30.6. The number of rotatable bonds is 24. The summed E-state index contributed by atoms with van der Waals surface area (Å²) in [5.74, 6) is -0.233. The van der Waals surface area contributed by atoms with Crippen LogP contribution in [0.3, 0.4) is 0 Å². The molecule has 1 aromatic rings. The van der Waals surface area contributed by atoms with E-state index in [1.165, 1.54) is 96.3 Å². The number of esters is 1. The second-order valence-corrected chi connectivity index (χ2v) is 9.70. The van der Waals surface area contributed by atoms with Gasteiger partial charge in [0.2, 0.25) is 0 Å². The number of aliphatic hydroxyl groups is 1. The summed E-state index contributed by atoms with van der Waals surface area (Å²) in [5.41, 5.74) is 1.06. The average Bonchev–Trinajstić information content (AvgIpc) is 2.86. The van der Waals surface area contributed by atoms with Crippen LogP contribution in [0, 0.1) is 0 Å². The lowest BCUT2D eigenvalue weighted by Gasteiger charge is -2.16. The Labute approximate surface area is 209 Å². The fourth-order valence-corrected chi connectivity index (χ4v) is 4.25. The fraction of sp³-hybridized carbons (Fsp3) is 0.767. The highest BCUT2D eigenvalue weighted by molar-refractivity contribution is 5.69. The SMILES string of the molecule is CCCCCCCCCCCCCCCCCCCC(=O)OC(CO)COCc1ccccc1. The van der Waals surface area contributed by atoms with E-state index in [0.717, 1.165) is 18.4 Å². The van der Waals surface area contributed by atoms with E-state index in [1.807, 2.05) is 30.3 Å². The molecule has 0 spiro atoms. The highest BCUT2D eigenvalue weighted by Crippen LogP contribution is 2.14. The van der Waals surface area contributed by atoms with Crippen LogP contribution in [0.25, 0.3) is 0 Å². The van der Waals surface area contributed by atoms with Crippen LogP contribution in [0.2, 0.25) is 0 Å². The van der Waals surface area contributed by atoms with Crippen LogP contribution in [0.4, 0.5) is 0 Å². The summed E-state index contributed by atoms with van der Waals surface area (Å²) in [5, 5.41) is 9.44. The second kappa shape index (κ2) is 23.4. The molecule has 4 heteroatoms. The molecule has 0 amide bonds. The molecule has 0 fully saturated rings. The van der Waals surface area contributed by atoms with Gasteiger partial charge >= 0.3 is 5.97 Å². The molecule has 0 aromatic heterocycles. The lowest BCUT2D eigenvalue weighted by atomic mass is 10.0. The van der Waals surface area contributed by atoms with Gasteiger partial charge in [-0.2, -0.15) is 0 Å². The molecule has 1 rings (SSSR count). The molecular formula is C30H52O4. The number of hydrogen-bond donors (Lipinski definition) is 1. The Morgan fingerprint density at radius 2 is 1.21 bits per heavy atom. The third-order valence-corrected chi connectivity index (χ3v) is 6.40. The Hall–Kier alpha value is -1.39. The largest absolute Gasteiger partial charge is 0.457 e. The number of benzene rings is 1. The molecule has 196 valence electrons. The van der Waals surface area contributed by atoms with E-state index in [0.29, 0.717) is 13.0 Å². The summed E-state index contributed by atoms with van der Waals surface area (Å²) in [7, 11) is 0. The number of carbonyl (C=O) groups is 1. The van der Waals surface area contributed by atoms with Crippen LogP contribution in [0.1, 0.15) is 128 Å². The van der Waals surface area contributed by atoms with E-state index in [-0.39, 0.29) is 19.2 Å². The number of unbranched alkanes of at least 4 members (excludes halogenated alkanes) is 16. The lowest BCUT2D eigenvalue weighted by molar-refractivity contribution is -0.155. The standard InChI is InChI=1S/C30H52O4/c1-2-3-4-5-6-7-8-9-10-11-12-13-14-15-16-17-21-24-30(32)34-29(25-31)27-33-26-28-22-19-18-20-23-28/h18-20,22-23,29,31H,2-17,21,24-27H2,1H3. The third-order valence-electron chi connectivity index (χ3n) is 6.40. The summed E-state index contributed by atoms with van der Waals surface area (Å²) < 4.78 is 10.9. The zero-order chi connectivity index (χ0) is 24.5. The Morgan fingerprint density at radius 3 is 1.68 bits per heavy atom. The normalized spacial score (nSPS) is 12.1. The van der Waals surface area contributed by atoms with Crippen molar-refractivity contribution in [3.05, 3.63) is 35.9 Å². The maximum Gasteiger partial charge on any atom is 0.306 e. The number of ether oxygens (including phenoxy) is 2. The minimum atomic E-state index is -0.581. The summed E-state index contributed by atoms with van der Waals surface area (Å²) >= 11 is 0. The van der Waals surface area contributed by atoms with Gasteiger partial charge in [0.1, 0.15) is 6.10 Å². The smallest absolute Gasteiger partial charge is 0.306 e. The van der Waals surface area contributed by atoms with Gasteiger partial charge in [-0.15, -0.1) is 0 Å². The molecule has 0 saturated carbocycles. The van der Waals surface area contributed by atoms with Gasteiger partial charge in [0.05, 0.1) is 19.8 Å². The molecular weight excluding hydrogens is 424 g/mol. The Balaban J connectivity index is 1.84. The molecule has 1 aromatic carbocycles. The van der Waals surface area contributed by atoms with Gasteiger partial charge in [-0.1, -0.05) is 140 Å². The van der Waals surface area contributed by atoms with Crippen LogP contribution >= 0.6 is 0 Å². The molecule has 1 unspecified atom stereocenters. The fourth-order valence-electron chi connectivity index (χ4n) is 4.25. The first-order valence-electron chi connectivity index (χ1n) is 14.2. The summed E-state index contributed by atoms with van der Waals surface area (Å²) in [6, 6.07) is 9.85. The summed E-state index contributed by atoms with van der Waals surface area (Å²) in [6.07, 6.45) is 22.4. The van der Waals surface area contributed by atoms with Crippen molar-refractivity contribution in [1.29, 1.82) is 0 Å². The molecule has 0 aliphatic rings. The van der Waals surface area contributed by atoms with Gasteiger partial charge in [-0.3, -0.25) is 4.79 Å². The molecule has 1 atom stereocenters. The molecule has 4 nitrogen and oxygen atoms in total. The zero-order valence-corrected chi connectivity index (χ0v) is 22.0. The maximum absolute atomic E-state index is 12.0. The molecule has 0 heterocycles. The third kappa shape index (κ3) is 19.0. The molecule has 0 aliphatic carbocycles. The van der Waals surface area contributed by atoms with Crippen molar-refractivity contribution in [2.45, 2.75) is 135 Å². The maximum atomic E-state index is 12.0. The number of aliphatic hydroxyl groups excluding tert-OH is 1. The average molecular weight is 477 g/mol. The Morgan fingerprint density at radius 1 is 0.735 bits per heavy atom. The van der Waals surface area contributed by atoms with Crippen molar-refractivity contribution in [2.24, 2.45) is 0 Å². The minimum absolute atomic E-state index is 0.209.